The van der Waals surface area contributed by atoms with Crippen molar-refractivity contribution in [3.8, 4) is 0 Å². The number of hydrogen-bond acceptors (Lipinski definition) is 8. The number of amides is 4. The van der Waals surface area contributed by atoms with E-state index < -0.39 is 71.0 Å². The van der Waals surface area contributed by atoms with Gasteiger partial charge in [-0.3, -0.25) is 14.5 Å². The van der Waals surface area contributed by atoms with Crippen molar-refractivity contribution in [2.45, 2.75) is 88.9 Å². The number of hydrogen-bond donors (Lipinski definition) is 3. The quantitative estimate of drug-likeness (QED) is 0.426. The summed E-state index contributed by atoms with van der Waals surface area (Å²) < 4.78 is 31.1. The second-order valence-electron chi connectivity index (χ2n) is 12.9. The van der Waals surface area contributed by atoms with Crippen molar-refractivity contribution in [1.82, 2.24) is 20.4 Å². The highest BCUT2D eigenvalue weighted by atomic mass is 19.1. The van der Waals surface area contributed by atoms with Gasteiger partial charge in [0.2, 0.25) is 11.8 Å². The Labute approximate surface area is 260 Å². The van der Waals surface area contributed by atoms with Gasteiger partial charge in [0, 0.05) is 31.1 Å². The maximum atomic E-state index is 14.3. The summed E-state index contributed by atoms with van der Waals surface area (Å²) in [5, 5.41) is 15.2. The fourth-order valence-corrected chi connectivity index (χ4v) is 5.96. The Morgan fingerprint density at radius 1 is 1.20 bits per heavy atom. The number of carboxylic acids is 1. The number of fused-ring (bicyclic) bond motifs is 3. The summed E-state index contributed by atoms with van der Waals surface area (Å²) in [6.07, 6.45) is 2.30. The molecule has 0 spiro atoms. The number of carbonyl (C=O) groups is 5. The maximum absolute atomic E-state index is 14.3. The lowest BCUT2D eigenvalue weighted by Crippen LogP contribution is -2.57. The summed E-state index contributed by atoms with van der Waals surface area (Å²) in [5.41, 5.74) is -1.32. The van der Waals surface area contributed by atoms with E-state index in [1.54, 1.807) is 39.0 Å². The van der Waals surface area contributed by atoms with Crippen LogP contribution in [-0.4, -0.2) is 94.0 Å². The highest BCUT2D eigenvalue weighted by Crippen LogP contribution is 2.45. The van der Waals surface area contributed by atoms with Crippen molar-refractivity contribution < 1.29 is 47.7 Å². The van der Waals surface area contributed by atoms with E-state index in [-0.39, 0.29) is 45.7 Å². The lowest BCUT2D eigenvalue weighted by molar-refractivity contribution is -0.146. The lowest BCUT2D eigenvalue weighted by Gasteiger charge is -2.30. The van der Waals surface area contributed by atoms with E-state index >= 15 is 0 Å². The van der Waals surface area contributed by atoms with Crippen molar-refractivity contribution in [3.05, 3.63) is 47.3 Å². The average Bonchev–Trinajstić information content (AvgIpc) is 3.27. The Morgan fingerprint density at radius 2 is 1.98 bits per heavy atom. The Hall–Kier alpha value is -4.20. The SMILES string of the molecule is CC(C)(C)OC(=O)NC1COCCCC=CC2CC2(C(=O)O)NC(=O)C2CC(OC(=O)N3Cc4cccc(F)c4C3)CN2C1=O. The standard InChI is InChI=1S/C31H39FN4O9/c1-30(2,3)45-28(41)33-23-17-43-11-6-4-5-9-19-13-31(19,27(39)40)34-25(37)24-12-20(15-36(24)26(23)38)44-29(42)35-14-18-8-7-10-22(32)21(18)16-35/h5,7-10,19-20,23-24H,4,6,11-17H2,1-3H3,(H,33,41)(H,34,37)(H,39,40). The number of carboxylic acid groups (broad SMARTS) is 1. The van der Waals surface area contributed by atoms with Crippen LogP contribution < -0.4 is 10.6 Å². The minimum atomic E-state index is -1.52. The molecule has 45 heavy (non-hydrogen) atoms. The summed E-state index contributed by atoms with van der Waals surface area (Å²) in [5.74, 6) is -3.45. The molecule has 1 aliphatic carbocycles. The number of ether oxygens (including phenoxy) is 3. The largest absolute Gasteiger partial charge is 0.479 e. The molecule has 13 nitrogen and oxygen atoms in total. The smallest absolute Gasteiger partial charge is 0.410 e. The number of allylic oxidation sites excluding steroid dienone is 1. The molecule has 1 aromatic carbocycles. The van der Waals surface area contributed by atoms with Crippen molar-refractivity contribution >= 4 is 30.0 Å². The zero-order valence-electron chi connectivity index (χ0n) is 25.5. The molecule has 0 aromatic heterocycles. The molecule has 5 unspecified atom stereocenters. The Balaban J connectivity index is 1.37. The van der Waals surface area contributed by atoms with Gasteiger partial charge in [0.25, 0.3) is 0 Å². The van der Waals surface area contributed by atoms with Crippen molar-refractivity contribution in [3.63, 3.8) is 0 Å². The summed E-state index contributed by atoms with van der Waals surface area (Å²) in [4.78, 5) is 68.2. The molecule has 1 saturated heterocycles. The molecule has 0 radical (unpaired) electrons. The van der Waals surface area contributed by atoms with Crippen LogP contribution >= 0.6 is 0 Å². The molecule has 14 heteroatoms. The normalized spacial score (nSPS) is 28.5. The number of benzene rings is 1. The van der Waals surface area contributed by atoms with Gasteiger partial charge in [-0.1, -0.05) is 24.3 Å². The van der Waals surface area contributed by atoms with Gasteiger partial charge in [0.05, 0.1) is 19.7 Å². The topological polar surface area (TPSA) is 164 Å². The van der Waals surface area contributed by atoms with Crippen molar-refractivity contribution in [2.24, 2.45) is 5.92 Å². The molecule has 4 aliphatic rings. The number of alkyl carbamates (subject to hydrolysis) is 1. The molecular formula is C31H39FN4O9. The first-order chi connectivity index (χ1) is 21.3. The van der Waals surface area contributed by atoms with Gasteiger partial charge in [0.15, 0.2) is 0 Å². The molecule has 2 fully saturated rings. The van der Waals surface area contributed by atoms with Gasteiger partial charge in [-0.25, -0.2) is 18.8 Å². The molecule has 5 rings (SSSR count). The van der Waals surface area contributed by atoms with Crippen LogP contribution in [0.25, 0.3) is 0 Å². The molecule has 1 saturated carbocycles. The van der Waals surface area contributed by atoms with Crippen LogP contribution in [0.15, 0.2) is 30.4 Å². The van der Waals surface area contributed by atoms with Gasteiger partial charge in [-0.2, -0.15) is 0 Å². The van der Waals surface area contributed by atoms with Crippen molar-refractivity contribution in [2.75, 3.05) is 19.8 Å². The van der Waals surface area contributed by atoms with Crippen molar-refractivity contribution in [1.29, 1.82) is 0 Å². The molecule has 244 valence electrons. The minimum absolute atomic E-state index is 0.00930. The van der Waals surface area contributed by atoms with Gasteiger partial charge in [-0.15, -0.1) is 0 Å². The molecule has 3 N–H and O–H groups in total. The molecule has 1 aromatic rings. The van der Waals surface area contributed by atoms with Crippen LogP contribution in [0.5, 0.6) is 0 Å². The monoisotopic (exact) mass is 630 g/mol. The first kappa shape index (κ1) is 32.2. The third kappa shape index (κ3) is 7.21. The minimum Gasteiger partial charge on any atom is -0.479 e. The molecule has 5 atom stereocenters. The summed E-state index contributed by atoms with van der Waals surface area (Å²) in [6.45, 7) is 5.01. The highest BCUT2D eigenvalue weighted by Gasteiger charge is 2.61. The molecule has 3 heterocycles. The summed E-state index contributed by atoms with van der Waals surface area (Å²) in [7, 11) is 0. The lowest BCUT2D eigenvalue weighted by atomic mass is 10.1. The third-order valence-electron chi connectivity index (χ3n) is 8.34. The van der Waals surface area contributed by atoms with Crippen LogP contribution in [0.1, 0.15) is 57.6 Å². The second kappa shape index (κ2) is 12.7. The maximum Gasteiger partial charge on any atom is 0.410 e. The first-order valence-electron chi connectivity index (χ1n) is 15.1. The Morgan fingerprint density at radius 3 is 2.69 bits per heavy atom. The average molecular weight is 631 g/mol. The predicted octanol–water partition coefficient (Wildman–Crippen LogP) is 2.47. The van der Waals surface area contributed by atoms with Crippen LogP contribution in [0, 0.1) is 11.7 Å². The summed E-state index contributed by atoms with van der Waals surface area (Å²) in [6, 6.07) is 2.14. The van der Waals surface area contributed by atoms with E-state index in [0.717, 1.165) is 0 Å². The van der Waals surface area contributed by atoms with Crippen LogP contribution in [0.4, 0.5) is 14.0 Å². The molecular weight excluding hydrogens is 591 g/mol. The van der Waals surface area contributed by atoms with Gasteiger partial charge in [-0.05, 0) is 51.7 Å². The number of carbonyl (C=O) groups excluding carboxylic acids is 4. The zero-order valence-corrected chi connectivity index (χ0v) is 25.5. The van der Waals surface area contributed by atoms with E-state index in [9.17, 15) is 33.5 Å². The number of rotatable bonds is 3. The number of nitrogens with one attached hydrogen (secondary N) is 2. The van der Waals surface area contributed by atoms with Gasteiger partial charge >= 0.3 is 18.2 Å². The zero-order chi connectivity index (χ0) is 32.5. The van der Waals surface area contributed by atoms with Gasteiger partial charge in [0.1, 0.15) is 35.1 Å². The molecule has 0 bridgehead atoms. The van der Waals surface area contributed by atoms with E-state index in [2.05, 4.69) is 10.6 Å². The highest BCUT2D eigenvalue weighted by molar-refractivity contribution is 5.96. The van der Waals surface area contributed by atoms with E-state index in [0.29, 0.717) is 24.0 Å². The first-order valence-corrected chi connectivity index (χ1v) is 15.1. The number of halogens is 1. The number of aliphatic carboxylic acids is 1. The second-order valence-corrected chi connectivity index (χ2v) is 12.9. The molecule has 3 aliphatic heterocycles. The van der Waals surface area contributed by atoms with E-state index in [4.69, 9.17) is 14.2 Å². The van der Waals surface area contributed by atoms with Crippen LogP contribution in [0.3, 0.4) is 0 Å². The van der Waals surface area contributed by atoms with Crippen LogP contribution in [-0.2, 0) is 41.7 Å². The van der Waals surface area contributed by atoms with Gasteiger partial charge < -0.3 is 34.9 Å². The molecule has 4 amide bonds. The number of nitrogens with zero attached hydrogens (tertiary/aromatic N) is 2. The summed E-state index contributed by atoms with van der Waals surface area (Å²) >= 11 is 0. The Kier molecular flexibility index (Phi) is 9.06. The van der Waals surface area contributed by atoms with E-state index in [1.165, 1.54) is 15.9 Å². The Bertz CT molecular complexity index is 1400. The fourth-order valence-electron chi connectivity index (χ4n) is 5.96. The van der Waals surface area contributed by atoms with Crippen LogP contribution in [0.2, 0.25) is 0 Å². The fraction of sp³-hybridized carbons (Fsp3) is 0.581. The third-order valence-corrected chi connectivity index (χ3v) is 8.34. The predicted molar refractivity (Wildman–Crippen MR) is 155 cm³/mol. The van der Waals surface area contributed by atoms with E-state index in [1.807, 2.05) is 6.08 Å².